The van der Waals surface area contributed by atoms with Crippen LogP contribution < -0.4 is 5.73 Å². The Morgan fingerprint density at radius 3 is 2.09 bits per heavy atom. The summed E-state index contributed by atoms with van der Waals surface area (Å²) in [6, 6.07) is 15.6. The number of aromatic nitrogens is 2. The van der Waals surface area contributed by atoms with Crippen molar-refractivity contribution in [3.05, 3.63) is 72.1 Å². The first-order valence-corrected chi connectivity index (χ1v) is 11.3. The number of imide groups is 1. The second-order valence-corrected chi connectivity index (χ2v) is 8.66. The van der Waals surface area contributed by atoms with Crippen LogP contribution in [0.1, 0.15) is 36.3 Å². The molecule has 2 aromatic heterocycles. The number of amides is 2. The molecule has 8 heteroatoms. The Labute approximate surface area is 196 Å². The molecule has 0 aliphatic carbocycles. The molecule has 0 saturated carbocycles. The van der Waals surface area contributed by atoms with Crippen molar-refractivity contribution >= 4 is 39.6 Å². The van der Waals surface area contributed by atoms with Crippen molar-refractivity contribution in [3.8, 4) is 0 Å². The molecule has 8 nitrogen and oxygen atoms in total. The van der Waals surface area contributed by atoms with Gasteiger partial charge in [0.25, 0.3) is 11.8 Å². The van der Waals surface area contributed by atoms with Crippen molar-refractivity contribution in [1.29, 1.82) is 0 Å². The molecule has 2 unspecified atom stereocenters. The number of nitrogens with zero attached hydrogens (tertiary/aromatic N) is 3. The van der Waals surface area contributed by atoms with Crippen molar-refractivity contribution in [1.82, 2.24) is 14.2 Å². The van der Waals surface area contributed by atoms with E-state index in [0.717, 1.165) is 39.4 Å². The lowest BCUT2D eigenvalue weighted by Crippen LogP contribution is -2.32. The van der Waals surface area contributed by atoms with Gasteiger partial charge in [0, 0.05) is 54.7 Å². The van der Waals surface area contributed by atoms with E-state index in [-0.39, 0.29) is 0 Å². The van der Waals surface area contributed by atoms with Gasteiger partial charge in [-0.05, 0) is 36.2 Å². The van der Waals surface area contributed by atoms with Crippen LogP contribution in [0.2, 0.25) is 0 Å². The number of carbonyl (C=O) groups is 3. The van der Waals surface area contributed by atoms with Gasteiger partial charge in [0.15, 0.2) is 0 Å². The van der Waals surface area contributed by atoms with E-state index in [1.165, 1.54) is 6.92 Å². The Morgan fingerprint density at radius 2 is 1.47 bits per heavy atom. The van der Waals surface area contributed by atoms with Gasteiger partial charge in [-0.2, -0.15) is 0 Å². The Kier molecular flexibility index (Phi) is 5.45. The number of benzene rings is 2. The van der Waals surface area contributed by atoms with Crippen LogP contribution in [0.5, 0.6) is 0 Å². The second-order valence-electron chi connectivity index (χ2n) is 8.66. The van der Waals surface area contributed by atoms with Crippen molar-refractivity contribution in [2.75, 3.05) is 6.54 Å². The number of fused-ring (bicyclic) bond motifs is 2. The number of hydrogen-bond acceptors (Lipinski definition) is 5. The van der Waals surface area contributed by atoms with Crippen molar-refractivity contribution in [3.63, 3.8) is 0 Å². The molecule has 174 valence electrons. The number of aryl methyl sites for hydroxylation is 2. The first-order chi connectivity index (χ1) is 16.4. The summed E-state index contributed by atoms with van der Waals surface area (Å²) in [4.78, 5) is 44.1. The zero-order valence-electron chi connectivity index (χ0n) is 19.1. The topological polar surface area (TPSA) is 99.6 Å². The lowest BCUT2D eigenvalue weighted by Gasteiger charge is -2.14. The van der Waals surface area contributed by atoms with Crippen LogP contribution in [0.3, 0.4) is 0 Å². The van der Waals surface area contributed by atoms with Crippen LogP contribution in [-0.2, 0) is 32.8 Å². The fourth-order valence-electron chi connectivity index (χ4n) is 5.08. The third kappa shape index (κ3) is 3.38. The van der Waals surface area contributed by atoms with E-state index in [1.54, 1.807) is 0 Å². The maximum Gasteiger partial charge on any atom is 0.330 e. The quantitative estimate of drug-likeness (QED) is 0.448. The van der Waals surface area contributed by atoms with Crippen molar-refractivity contribution in [2.45, 2.75) is 31.7 Å². The highest BCUT2D eigenvalue weighted by molar-refractivity contribution is 6.12. The number of nitrogens with two attached hydrogens (primary N) is 1. The highest BCUT2D eigenvalue weighted by Gasteiger charge is 2.53. The molecule has 2 atom stereocenters. The molecule has 1 saturated heterocycles. The summed E-state index contributed by atoms with van der Waals surface area (Å²) in [5.41, 5.74) is 9.12. The highest BCUT2D eigenvalue weighted by atomic mass is 16.7. The minimum atomic E-state index is -0.832. The number of rotatable bonds is 6. The van der Waals surface area contributed by atoms with Gasteiger partial charge in [0.1, 0.15) is 0 Å². The predicted octanol–water partition coefficient (Wildman–Crippen LogP) is 3.20. The summed E-state index contributed by atoms with van der Waals surface area (Å²) < 4.78 is 4.02. The molecule has 2 aromatic carbocycles. The van der Waals surface area contributed by atoms with E-state index in [2.05, 4.69) is 4.57 Å². The molecular weight excluding hydrogens is 432 g/mol. The third-order valence-corrected chi connectivity index (χ3v) is 6.51. The molecule has 5 rings (SSSR count). The molecule has 4 aromatic rings. The molecule has 34 heavy (non-hydrogen) atoms. The average molecular weight is 459 g/mol. The molecule has 1 fully saturated rings. The zero-order chi connectivity index (χ0) is 24.0. The largest absolute Gasteiger partial charge is 0.350 e. The first kappa shape index (κ1) is 21.9. The standard InChI is InChI=1S/C26H26N4O4/c1-16(31)34-30-25(32)23(19-14-28(2)21-10-5-3-8-17(19)21)24(26(30)33)20-15-29(13-7-12-27)22-11-6-4-9-18(20)22/h3-6,8-11,14-15,23-24H,7,12-13,27H2,1-2H3. The van der Waals surface area contributed by atoms with Crippen LogP contribution >= 0.6 is 0 Å². The van der Waals surface area contributed by atoms with Crippen LogP contribution in [0.25, 0.3) is 21.8 Å². The number of hydroxylamine groups is 2. The third-order valence-electron chi connectivity index (χ3n) is 6.51. The van der Waals surface area contributed by atoms with Gasteiger partial charge in [0.05, 0.1) is 11.8 Å². The minimum Gasteiger partial charge on any atom is -0.350 e. The molecular formula is C26H26N4O4. The number of carbonyl (C=O) groups excluding carboxylic acids is 3. The lowest BCUT2D eigenvalue weighted by atomic mass is 9.83. The van der Waals surface area contributed by atoms with E-state index >= 15 is 0 Å². The highest BCUT2D eigenvalue weighted by Crippen LogP contribution is 2.46. The Bertz CT molecular complexity index is 1430. The normalized spacial score (nSPS) is 18.4. The summed E-state index contributed by atoms with van der Waals surface area (Å²) in [5.74, 6) is -3.46. The zero-order valence-corrected chi connectivity index (χ0v) is 19.1. The van der Waals surface area contributed by atoms with E-state index in [0.29, 0.717) is 18.2 Å². The van der Waals surface area contributed by atoms with Gasteiger partial charge in [-0.25, -0.2) is 4.79 Å². The number of para-hydroxylation sites is 2. The monoisotopic (exact) mass is 458 g/mol. The molecule has 2 amide bonds. The van der Waals surface area contributed by atoms with E-state index < -0.39 is 29.6 Å². The van der Waals surface area contributed by atoms with Crippen LogP contribution in [0.4, 0.5) is 0 Å². The van der Waals surface area contributed by atoms with Gasteiger partial charge >= 0.3 is 5.97 Å². The van der Waals surface area contributed by atoms with Gasteiger partial charge in [-0.15, -0.1) is 5.06 Å². The first-order valence-electron chi connectivity index (χ1n) is 11.3. The second kappa shape index (κ2) is 8.46. The smallest absolute Gasteiger partial charge is 0.330 e. The van der Waals surface area contributed by atoms with Crippen LogP contribution in [-0.4, -0.2) is 38.5 Å². The maximum absolute atomic E-state index is 13.6. The molecule has 2 N–H and O–H groups in total. The summed E-state index contributed by atoms with van der Waals surface area (Å²) in [6.45, 7) is 2.42. The van der Waals surface area contributed by atoms with E-state index in [4.69, 9.17) is 10.6 Å². The van der Waals surface area contributed by atoms with E-state index in [1.807, 2.05) is 72.5 Å². The minimum absolute atomic E-state index is 0.541. The van der Waals surface area contributed by atoms with Crippen molar-refractivity contribution < 1.29 is 19.2 Å². The summed E-state index contributed by atoms with van der Waals surface area (Å²) in [6.07, 6.45) is 4.60. The molecule has 0 radical (unpaired) electrons. The molecule has 3 heterocycles. The Hall–Kier alpha value is -3.91. The lowest BCUT2D eigenvalue weighted by molar-refractivity contribution is -0.196. The molecule has 0 bridgehead atoms. The van der Waals surface area contributed by atoms with Gasteiger partial charge in [-0.1, -0.05) is 36.4 Å². The Morgan fingerprint density at radius 1 is 0.912 bits per heavy atom. The molecule has 1 aliphatic rings. The predicted molar refractivity (Wildman–Crippen MR) is 128 cm³/mol. The van der Waals surface area contributed by atoms with E-state index in [9.17, 15) is 14.4 Å². The maximum atomic E-state index is 13.6. The van der Waals surface area contributed by atoms with Crippen molar-refractivity contribution in [2.24, 2.45) is 12.8 Å². The van der Waals surface area contributed by atoms with Crippen LogP contribution in [0, 0.1) is 0 Å². The van der Waals surface area contributed by atoms with Crippen LogP contribution in [0.15, 0.2) is 60.9 Å². The Balaban J connectivity index is 1.73. The molecule has 1 aliphatic heterocycles. The summed E-state index contributed by atoms with van der Waals surface area (Å²) >= 11 is 0. The summed E-state index contributed by atoms with van der Waals surface area (Å²) in [5, 5.41) is 2.42. The number of hydrogen-bond donors (Lipinski definition) is 1. The fraction of sp³-hybridized carbons (Fsp3) is 0.269. The fourth-order valence-corrected chi connectivity index (χ4v) is 5.08. The summed E-state index contributed by atoms with van der Waals surface area (Å²) in [7, 11) is 1.91. The SMILES string of the molecule is CC(=O)ON1C(=O)C(c2cn(C)c3ccccc23)C(c2cn(CCCN)c3ccccc23)C1=O. The average Bonchev–Trinajstić information content (AvgIpc) is 3.43. The van der Waals surface area contributed by atoms with Gasteiger partial charge in [0.2, 0.25) is 0 Å². The molecule has 0 spiro atoms. The van der Waals surface area contributed by atoms with Gasteiger partial charge in [-0.3, -0.25) is 9.59 Å². The van der Waals surface area contributed by atoms with Gasteiger partial charge < -0.3 is 19.7 Å².